The first kappa shape index (κ1) is 15.7. The van der Waals surface area contributed by atoms with Crippen LogP contribution in [0.2, 0.25) is 0 Å². The molecular weight excluding hydrogens is 263 g/mol. The SMILES string of the molecule is CN(CCCNCc1cccc(F)c1)Cc1ccccc1. The molecule has 0 atom stereocenters. The molecule has 0 saturated heterocycles. The summed E-state index contributed by atoms with van der Waals surface area (Å²) in [6, 6.07) is 17.2. The highest BCUT2D eigenvalue weighted by Gasteiger charge is 2.00. The highest BCUT2D eigenvalue weighted by Crippen LogP contribution is 2.04. The molecule has 0 spiro atoms. The molecule has 2 aromatic carbocycles. The predicted octanol–water partition coefficient (Wildman–Crippen LogP) is 3.44. The number of benzene rings is 2. The van der Waals surface area contributed by atoms with Crippen LogP contribution < -0.4 is 5.32 Å². The maximum absolute atomic E-state index is 13.0. The van der Waals surface area contributed by atoms with Gasteiger partial charge in [0, 0.05) is 13.1 Å². The molecule has 0 aliphatic heterocycles. The maximum Gasteiger partial charge on any atom is 0.123 e. The Balaban J connectivity index is 1.59. The summed E-state index contributed by atoms with van der Waals surface area (Å²) >= 11 is 0. The van der Waals surface area contributed by atoms with Crippen molar-refractivity contribution < 1.29 is 4.39 Å². The van der Waals surface area contributed by atoms with E-state index >= 15 is 0 Å². The molecule has 0 aliphatic rings. The lowest BCUT2D eigenvalue weighted by molar-refractivity contribution is 0.319. The third-order valence-corrected chi connectivity index (χ3v) is 3.41. The van der Waals surface area contributed by atoms with Crippen LogP contribution in [0.15, 0.2) is 54.6 Å². The molecule has 0 amide bonds. The molecule has 1 N–H and O–H groups in total. The lowest BCUT2D eigenvalue weighted by Crippen LogP contribution is -2.23. The van der Waals surface area contributed by atoms with Crippen LogP contribution in [0.5, 0.6) is 0 Å². The van der Waals surface area contributed by atoms with Gasteiger partial charge in [-0.3, -0.25) is 0 Å². The number of nitrogens with one attached hydrogen (secondary N) is 1. The van der Waals surface area contributed by atoms with Gasteiger partial charge < -0.3 is 10.2 Å². The van der Waals surface area contributed by atoms with Crippen molar-refractivity contribution in [1.29, 1.82) is 0 Å². The van der Waals surface area contributed by atoms with Crippen LogP contribution in [-0.4, -0.2) is 25.0 Å². The zero-order valence-corrected chi connectivity index (χ0v) is 12.6. The fraction of sp³-hybridized carbons (Fsp3) is 0.333. The van der Waals surface area contributed by atoms with Gasteiger partial charge >= 0.3 is 0 Å². The largest absolute Gasteiger partial charge is 0.313 e. The van der Waals surface area contributed by atoms with E-state index < -0.39 is 0 Å². The number of halogens is 1. The van der Waals surface area contributed by atoms with Crippen LogP contribution in [-0.2, 0) is 13.1 Å². The van der Waals surface area contributed by atoms with E-state index in [1.165, 1.54) is 11.6 Å². The molecule has 0 radical (unpaired) electrons. The van der Waals surface area contributed by atoms with Gasteiger partial charge in [-0.2, -0.15) is 0 Å². The summed E-state index contributed by atoms with van der Waals surface area (Å²) < 4.78 is 13.0. The summed E-state index contributed by atoms with van der Waals surface area (Å²) in [6.45, 7) is 3.69. The van der Waals surface area contributed by atoms with Gasteiger partial charge in [0.25, 0.3) is 0 Å². The van der Waals surface area contributed by atoms with Gasteiger partial charge in [-0.15, -0.1) is 0 Å². The molecule has 0 heterocycles. The van der Waals surface area contributed by atoms with Gasteiger partial charge in [-0.1, -0.05) is 42.5 Å². The standard InChI is InChI=1S/C18H23FN2/c1-21(15-16-7-3-2-4-8-16)12-6-11-20-14-17-9-5-10-18(19)13-17/h2-5,7-10,13,20H,6,11-12,14-15H2,1H3. The normalized spacial score (nSPS) is 11.0. The molecule has 112 valence electrons. The Kier molecular flexibility index (Phi) is 6.38. The van der Waals surface area contributed by atoms with Crippen LogP contribution in [0.4, 0.5) is 4.39 Å². The highest BCUT2D eigenvalue weighted by atomic mass is 19.1. The molecule has 0 bridgehead atoms. The summed E-state index contributed by atoms with van der Waals surface area (Å²) in [5, 5.41) is 3.35. The van der Waals surface area contributed by atoms with Crippen molar-refractivity contribution in [3.63, 3.8) is 0 Å². The van der Waals surface area contributed by atoms with Crippen molar-refractivity contribution in [2.75, 3.05) is 20.1 Å². The molecular formula is C18H23FN2. The molecule has 2 rings (SSSR count). The average Bonchev–Trinajstić information content (AvgIpc) is 2.48. The molecule has 0 aromatic heterocycles. The second-order valence-corrected chi connectivity index (χ2v) is 5.38. The maximum atomic E-state index is 13.0. The first-order valence-corrected chi connectivity index (χ1v) is 7.41. The Labute approximate surface area is 126 Å². The van der Waals surface area contributed by atoms with Crippen molar-refractivity contribution in [2.24, 2.45) is 0 Å². The molecule has 0 fully saturated rings. The summed E-state index contributed by atoms with van der Waals surface area (Å²) in [7, 11) is 2.14. The molecule has 21 heavy (non-hydrogen) atoms. The minimum absolute atomic E-state index is 0.170. The lowest BCUT2D eigenvalue weighted by atomic mass is 10.2. The van der Waals surface area contributed by atoms with Crippen LogP contribution in [0, 0.1) is 5.82 Å². The molecule has 0 aliphatic carbocycles. The van der Waals surface area contributed by atoms with Gasteiger partial charge in [0.1, 0.15) is 5.82 Å². The van der Waals surface area contributed by atoms with E-state index in [0.717, 1.165) is 38.2 Å². The first-order valence-electron chi connectivity index (χ1n) is 7.41. The Morgan fingerprint density at radius 2 is 1.76 bits per heavy atom. The molecule has 2 aromatic rings. The average molecular weight is 286 g/mol. The molecule has 0 saturated carbocycles. The molecule has 3 heteroatoms. The first-order chi connectivity index (χ1) is 10.2. The van der Waals surface area contributed by atoms with Crippen molar-refractivity contribution >= 4 is 0 Å². The van der Waals surface area contributed by atoms with E-state index in [1.807, 2.05) is 12.1 Å². The second kappa shape index (κ2) is 8.55. The molecule has 0 unspecified atom stereocenters. The van der Waals surface area contributed by atoms with Crippen molar-refractivity contribution in [3.8, 4) is 0 Å². The third kappa shape index (κ3) is 6.06. The van der Waals surface area contributed by atoms with Crippen molar-refractivity contribution in [2.45, 2.75) is 19.5 Å². The summed E-state index contributed by atoms with van der Waals surface area (Å²) in [4.78, 5) is 2.32. The monoisotopic (exact) mass is 286 g/mol. The van der Waals surface area contributed by atoms with Gasteiger partial charge in [0.05, 0.1) is 0 Å². The Bertz CT molecular complexity index is 528. The number of hydrogen-bond acceptors (Lipinski definition) is 2. The zero-order chi connectivity index (χ0) is 14.9. The van der Waals surface area contributed by atoms with Crippen LogP contribution >= 0.6 is 0 Å². The van der Waals surface area contributed by atoms with Gasteiger partial charge in [0.2, 0.25) is 0 Å². The Morgan fingerprint density at radius 3 is 2.52 bits per heavy atom. The van der Waals surface area contributed by atoms with Crippen LogP contribution in [0.3, 0.4) is 0 Å². The van der Waals surface area contributed by atoms with Gasteiger partial charge in [-0.25, -0.2) is 4.39 Å². The zero-order valence-electron chi connectivity index (χ0n) is 12.6. The second-order valence-electron chi connectivity index (χ2n) is 5.38. The van der Waals surface area contributed by atoms with E-state index in [1.54, 1.807) is 12.1 Å². The number of rotatable bonds is 8. The number of hydrogen-bond donors (Lipinski definition) is 1. The van der Waals surface area contributed by atoms with Gasteiger partial charge in [-0.05, 0) is 49.8 Å². The summed E-state index contributed by atoms with van der Waals surface area (Å²) in [5.41, 5.74) is 2.33. The predicted molar refractivity (Wildman–Crippen MR) is 85.5 cm³/mol. The summed E-state index contributed by atoms with van der Waals surface area (Å²) in [5.74, 6) is -0.170. The van der Waals surface area contributed by atoms with E-state index in [9.17, 15) is 4.39 Å². The van der Waals surface area contributed by atoms with Crippen molar-refractivity contribution in [1.82, 2.24) is 10.2 Å². The molecule has 2 nitrogen and oxygen atoms in total. The highest BCUT2D eigenvalue weighted by molar-refractivity contribution is 5.16. The van der Waals surface area contributed by atoms with Gasteiger partial charge in [0.15, 0.2) is 0 Å². The van der Waals surface area contributed by atoms with E-state index in [0.29, 0.717) is 0 Å². The van der Waals surface area contributed by atoms with Crippen LogP contribution in [0.25, 0.3) is 0 Å². The van der Waals surface area contributed by atoms with E-state index in [2.05, 4.69) is 41.5 Å². The van der Waals surface area contributed by atoms with E-state index in [-0.39, 0.29) is 5.82 Å². The quantitative estimate of drug-likeness (QED) is 0.748. The Morgan fingerprint density at radius 1 is 1.00 bits per heavy atom. The van der Waals surface area contributed by atoms with E-state index in [4.69, 9.17) is 0 Å². The van der Waals surface area contributed by atoms with Crippen LogP contribution in [0.1, 0.15) is 17.5 Å². The minimum atomic E-state index is -0.170. The fourth-order valence-corrected chi connectivity index (χ4v) is 2.33. The third-order valence-electron chi connectivity index (χ3n) is 3.41. The smallest absolute Gasteiger partial charge is 0.123 e. The lowest BCUT2D eigenvalue weighted by Gasteiger charge is -2.16. The topological polar surface area (TPSA) is 15.3 Å². The number of nitrogens with zero attached hydrogens (tertiary/aromatic N) is 1. The Hall–Kier alpha value is -1.71. The van der Waals surface area contributed by atoms with Crippen molar-refractivity contribution in [3.05, 3.63) is 71.5 Å². The fourth-order valence-electron chi connectivity index (χ4n) is 2.33. The minimum Gasteiger partial charge on any atom is -0.313 e. The summed E-state index contributed by atoms with van der Waals surface area (Å²) in [6.07, 6.45) is 1.08.